The van der Waals surface area contributed by atoms with Gasteiger partial charge in [0.05, 0.1) is 0 Å². The Morgan fingerprint density at radius 2 is 0.667 bits per heavy atom. The normalized spacial score (nSPS) is 10.8. The van der Waals surface area contributed by atoms with Gasteiger partial charge in [-0.25, -0.2) is 8.78 Å². The van der Waals surface area contributed by atoms with E-state index in [1.165, 1.54) is 48.5 Å². The highest BCUT2D eigenvalue weighted by Crippen LogP contribution is 2.26. The number of hydrogen-bond donors (Lipinski definition) is 0. The molecule has 6 aromatic carbocycles. The van der Waals surface area contributed by atoms with Gasteiger partial charge in [0.15, 0.2) is 11.6 Å². The summed E-state index contributed by atoms with van der Waals surface area (Å²) in [5, 5.41) is 1.66. The molecule has 6 heteroatoms. The largest absolute Gasteiger partial charge is 0.457 e. The third kappa shape index (κ3) is 5.93. The van der Waals surface area contributed by atoms with Gasteiger partial charge in [-0.05, 0) is 120 Å². The Hall–Kier alpha value is -5.62. The van der Waals surface area contributed by atoms with Crippen LogP contribution in [0, 0.1) is 11.6 Å². The SMILES string of the molecule is O=C(c1ccc(Oc2ccc(F)cc2)cc1)c1ccc2cc(C(=O)c3ccc(Oc4ccc(F)cc4)cc3)ccc2c1. The quantitative estimate of drug-likeness (QED) is 0.175. The first-order valence-corrected chi connectivity index (χ1v) is 13.1. The number of halogens is 2. The molecule has 0 spiro atoms. The van der Waals surface area contributed by atoms with Crippen molar-refractivity contribution < 1.29 is 27.8 Å². The van der Waals surface area contributed by atoms with E-state index in [-0.39, 0.29) is 23.2 Å². The molecule has 204 valence electrons. The minimum Gasteiger partial charge on any atom is -0.457 e. The molecular weight excluding hydrogens is 534 g/mol. The van der Waals surface area contributed by atoms with E-state index in [1.54, 1.807) is 72.8 Å². The van der Waals surface area contributed by atoms with E-state index in [2.05, 4.69) is 0 Å². The van der Waals surface area contributed by atoms with E-state index in [9.17, 15) is 18.4 Å². The number of rotatable bonds is 8. The van der Waals surface area contributed by atoms with Gasteiger partial charge < -0.3 is 9.47 Å². The Bertz CT molecular complexity index is 1750. The molecule has 4 nitrogen and oxygen atoms in total. The monoisotopic (exact) mass is 556 g/mol. The van der Waals surface area contributed by atoms with Crippen LogP contribution in [0.3, 0.4) is 0 Å². The number of carbonyl (C=O) groups is 2. The summed E-state index contributed by atoms with van der Waals surface area (Å²) in [5.74, 6) is 1.08. The summed E-state index contributed by atoms with van der Waals surface area (Å²) in [6.45, 7) is 0. The number of carbonyl (C=O) groups excluding carboxylic acids is 2. The maximum absolute atomic E-state index is 13.2. The molecule has 0 saturated heterocycles. The van der Waals surface area contributed by atoms with Gasteiger partial charge in [0, 0.05) is 22.3 Å². The van der Waals surface area contributed by atoms with Gasteiger partial charge in [-0.3, -0.25) is 9.59 Å². The van der Waals surface area contributed by atoms with E-state index in [0.29, 0.717) is 45.3 Å². The number of benzene rings is 6. The lowest BCUT2D eigenvalue weighted by Crippen LogP contribution is -2.02. The van der Waals surface area contributed by atoms with Crippen LogP contribution in [0.1, 0.15) is 31.8 Å². The first-order chi connectivity index (χ1) is 20.4. The molecule has 0 amide bonds. The summed E-state index contributed by atoms with van der Waals surface area (Å²) in [7, 11) is 0. The summed E-state index contributed by atoms with van der Waals surface area (Å²) in [4.78, 5) is 26.3. The highest BCUT2D eigenvalue weighted by Gasteiger charge is 2.13. The second kappa shape index (κ2) is 11.5. The summed E-state index contributed by atoms with van der Waals surface area (Å²) in [6, 6.07) is 35.6. The van der Waals surface area contributed by atoms with Crippen LogP contribution in [0.25, 0.3) is 10.8 Å². The van der Waals surface area contributed by atoms with Crippen LogP contribution < -0.4 is 9.47 Å². The fraction of sp³-hybridized carbons (Fsp3) is 0. The van der Waals surface area contributed by atoms with Crippen molar-refractivity contribution in [3.05, 3.63) is 167 Å². The van der Waals surface area contributed by atoms with Gasteiger partial charge in [0.25, 0.3) is 0 Å². The van der Waals surface area contributed by atoms with Gasteiger partial charge in [0.1, 0.15) is 34.6 Å². The fourth-order valence-electron chi connectivity index (χ4n) is 4.49. The molecule has 6 aromatic rings. The predicted molar refractivity (Wildman–Crippen MR) is 157 cm³/mol. The number of ether oxygens (including phenoxy) is 2. The molecule has 0 heterocycles. The molecule has 0 unspecified atom stereocenters. The average molecular weight is 557 g/mol. The predicted octanol–water partition coefficient (Wildman–Crippen LogP) is 9.16. The van der Waals surface area contributed by atoms with Crippen molar-refractivity contribution in [3.8, 4) is 23.0 Å². The van der Waals surface area contributed by atoms with Crippen LogP contribution in [0.4, 0.5) is 8.78 Å². The molecule has 0 bridgehead atoms. The standard InChI is InChI=1S/C36H22F2O4/c37-29-9-17-33(18-10-29)41-31-13-5-23(6-14-31)35(39)27-3-1-25-21-28(4-2-26(25)22-27)36(40)24-7-15-32(16-8-24)42-34-19-11-30(38)12-20-34/h1-22H. The van der Waals surface area contributed by atoms with Crippen LogP contribution in [-0.4, -0.2) is 11.6 Å². The van der Waals surface area contributed by atoms with Crippen molar-refractivity contribution in [2.24, 2.45) is 0 Å². The fourth-order valence-corrected chi connectivity index (χ4v) is 4.49. The van der Waals surface area contributed by atoms with Crippen molar-refractivity contribution in [2.45, 2.75) is 0 Å². The highest BCUT2D eigenvalue weighted by atomic mass is 19.1. The van der Waals surface area contributed by atoms with Crippen molar-refractivity contribution >= 4 is 22.3 Å². The first kappa shape index (κ1) is 26.6. The molecule has 0 aromatic heterocycles. The maximum Gasteiger partial charge on any atom is 0.193 e. The van der Waals surface area contributed by atoms with Gasteiger partial charge in [-0.1, -0.05) is 24.3 Å². The Kier molecular flexibility index (Phi) is 7.26. The van der Waals surface area contributed by atoms with Gasteiger partial charge in [0.2, 0.25) is 0 Å². The number of ketones is 2. The Morgan fingerprint density at radius 3 is 1.00 bits per heavy atom. The van der Waals surface area contributed by atoms with E-state index in [0.717, 1.165) is 10.8 Å². The molecule has 6 rings (SSSR count). The van der Waals surface area contributed by atoms with Crippen LogP contribution in [0.5, 0.6) is 23.0 Å². The third-order valence-corrected chi connectivity index (χ3v) is 6.70. The number of fused-ring (bicyclic) bond motifs is 1. The zero-order chi connectivity index (χ0) is 29.1. The second-order valence-corrected chi connectivity index (χ2v) is 9.60. The zero-order valence-corrected chi connectivity index (χ0v) is 22.1. The van der Waals surface area contributed by atoms with Crippen molar-refractivity contribution in [2.75, 3.05) is 0 Å². The van der Waals surface area contributed by atoms with Gasteiger partial charge in [-0.15, -0.1) is 0 Å². The van der Waals surface area contributed by atoms with Crippen molar-refractivity contribution in [1.82, 2.24) is 0 Å². The van der Waals surface area contributed by atoms with Crippen LogP contribution in [0.15, 0.2) is 133 Å². The Balaban J connectivity index is 1.14. The first-order valence-electron chi connectivity index (χ1n) is 13.1. The summed E-state index contributed by atoms with van der Waals surface area (Å²) >= 11 is 0. The average Bonchev–Trinajstić information content (AvgIpc) is 3.03. The molecule has 42 heavy (non-hydrogen) atoms. The summed E-state index contributed by atoms with van der Waals surface area (Å²) in [6.07, 6.45) is 0. The molecule has 0 fully saturated rings. The lowest BCUT2D eigenvalue weighted by molar-refractivity contribution is 0.103. The van der Waals surface area contributed by atoms with Crippen molar-refractivity contribution in [1.29, 1.82) is 0 Å². The molecule has 0 aliphatic rings. The minimum absolute atomic E-state index is 0.145. The van der Waals surface area contributed by atoms with Gasteiger partial charge >= 0.3 is 0 Å². The maximum atomic E-state index is 13.2. The molecule has 0 aliphatic carbocycles. The molecule has 0 radical (unpaired) electrons. The molecule has 0 atom stereocenters. The zero-order valence-electron chi connectivity index (χ0n) is 22.1. The highest BCUT2D eigenvalue weighted by molar-refractivity contribution is 6.12. The smallest absolute Gasteiger partial charge is 0.193 e. The molecule has 0 aliphatic heterocycles. The summed E-state index contributed by atoms with van der Waals surface area (Å²) < 4.78 is 37.6. The van der Waals surface area contributed by atoms with Gasteiger partial charge in [-0.2, -0.15) is 0 Å². The lowest BCUT2D eigenvalue weighted by atomic mass is 9.96. The molecule has 0 saturated carbocycles. The molecule has 0 N–H and O–H groups in total. The minimum atomic E-state index is -0.345. The molecular formula is C36H22F2O4. The number of hydrogen-bond acceptors (Lipinski definition) is 4. The topological polar surface area (TPSA) is 52.6 Å². The lowest BCUT2D eigenvalue weighted by Gasteiger charge is -2.09. The van der Waals surface area contributed by atoms with Crippen LogP contribution in [0.2, 0.25) is 0 Å². The van der Waals surface area contributed by atoms with Crippen molar-refractivity contribution in [3.63, 3.8) is 0 Å². The third-order valence-electron chi connectivity index (χ3n) is 6.70. The van der Waals surface area contributed by atoms with E-state index in [1.807, 2.05) is 12.1 Å². The van der Waals surface area contributed by atoms with Crippen LogP contribution in [-0.2, 0) is 0 Å². The van der Waals surface area contributed by atoms with Crippen LogP contribution >= 0.6 is 0 Å². The van der Waals surface area contributed by atoms with E-state index in [4.69, 9.17) is 9.47 Å². The Labute approximate surface area is 240 Å². The second-order valence-electron chi connectivity index (χ2n) is 9.60. The Morgan fingerprint density at radius 1 is 0.381 bits per heavy atom. The van der Waals surface area contributed by atoms with E-state index >= 15 is 0 Å². The van der Waals surface area contributed by atoms with E-state index < -0.39 is 0 Å². The summed E-state index contributed by atoms with van der Waals surface area (Å²) in [5.41, 5.74) is 2.04.